The molecule has 3 aromatic rings. The van der Waals surface area contributed by atoms with Gasteiger partial charge in [0.25, 0.3) is 5.91 Å². The molecule has 174 valence electrons. The number of nitrogens with zero attached hydrogens (tertiary/aromatic N) is 3. The van der Waals surface area contributed by atoms with Crippen molar-refractivity contribution in [1.82, 2.24) is 13.8 Å². The van der Waals surface area contributed by atoms with E-state index in [2.05, 4.69) is 5.32 Å². The van der Waals surface area contributed by atoms with Crippen molar-refractivity contribution in [2.45, 2.75) is 25.3 Å². The number of carbonyl (C=O) groups excluding carboxylic acids is 2. The normalized spacial score (nSPS) is 15.0. The van der Waals surface area contributed by atoms with Crippen LogP contribution < -0.4 is 11.1 Å². The molecule has 2 aromatic carbocycles. The Labute approximate surface area is 190 Å². The molecule has 1 aliphatic heterocycles. The zero-order valence-electron chi connectivity index (χ0n) is 18.3. The number of anilines is 1. The summed E-state index contributed by atoms with van der Waals surface area (Å²) in [5.41, 5.74) is 1.70. The Morgan fingerprint density at radius 2 is 1.79 bits per heavy atom. The molecule has 33 heavy (non-hydrogen) atoms. The van der Waals surface area contributed by atoms with Gasteiger partial charge in [-0.3, -0.25) is 14.2 Å². The van der Waals surface area contributed by atoms with E-state index in [4.69, 9.17) is 4.42 Å². The second-order valence-corrected chi connectivity index (χ2v) is 9.64. The van der Waals surface area contributed by atoms with Crippen molar-refractivity contribution in [2.75, 3.05) is 31.5 Å². The van der Waals surface area contributed by atoms with Crippen LogP contribution >= 0.6 is 0 Å². The molecule has 0 aliphatic carbocycles. The van der Waals surface area contributed by atoms with Crippen LogP contribution in [0.3, 0.4) is 0 Å². The summed E-state index contributed by atoms with van der Waals surface area (Å²) in [5.74, 6) is -0.998. The summed E-state index contributed by atoms with van der Waals surface area (Å²) in [6, 6.07) is 11.0. The number of sulfonamides is 1. The van der Waals surface area contributed by atoms with Crippen molar-refractivity contribution in [3.8, 4) is 0 Å². The van der Waals surface area contributed by atoms with E-state index in [0.29, 0.717) is 23.3 Å². The lowest BCUT2D eigenvalue weighted by molar-refractivity contribution is -0.114. The second-order valence-electron chi connectivity index (χ2n) is 7.70. The van der Waals surface area contributed by atoms with Crippen LogP contribution in [0.4, 0.5) is 5.69 Å². The molecule has 2 amide bonds. The van der Waals surface area contributed by atoms with Crippen LogP contribution in [0.2, 0.25) is 0 Å². The third-order valence-corrected chi connectivity index (χ3v) is 7.44. The minimum Gasteiger partial charge on any atom is -0.408 e. The molecule has 0 saturated carbocycles. The molecule has 10 nitrogen and oxygen atoms in total. The average Bonchev–Trinajstić information content (AvgIpc) is 3.12. The lowest BCUT2D eigenvalue weighted by Gasteiger charge is -2.34. The molecule has 0 unspecified atom stereocenters. The maximum absolute atomic E-state index is 13.1. The van der Waals surface area contributed by atoms with Gasteiger partial charge in [0.05, 0.1) is 10.4 Å². The Morgan fingerprint density at radius 3 is 2.45 bits per heavy atom. The second kappa shape index (κ2) is 8.83. The highest BCUT2D eigenvalue weighted by atomic mass is 32.2. The van der Waals surface area contributed by atoms with Gasteiger partial charge in [-0.05, 0) is 37.3 Å². The third-order valence-electron chi connectivity index (χ3n) is 5.55. The number of amides is 2. The van der Waals surface area contributed by atoms with Crippen molar-refractivity contribution >= 4 is 38.6 Å². The average molecular weight is 473 g/mol. The van der Waals surface area contributed by atoms with E-state index in [0.717, 1.165) is 0 Å². The third kappa shape index (κ3) is 4.41. The maximum atomic E-state index is 13.1. The van der Waals surface area contributed by atoms with Crippen LogP contribution in [-0.4, -0.2) is 60.2 Å². The molecule has 4 rings (SSSR count). The van der Waals surface area contributed by atoms with Gasteiger partial charge in [0.15, 0.2) is 5.58 Å². The van der Waals surface area contributed by atoms with Crippen molar-refractivity contribution in [3.63, 3.8) is 0 Å². The Hall–Kier alpha value is -3.44. The van der Waals surface area contributed by atoms with Crippen LogP contribution in [0.25, 0.3) is 11.1 Å². The van der Waals surface area contributed by atoms with E-state index in [1.165, 1.54) is 27.9 Å². The van der Waals surface area contributed by atoms with E-state index in [1.54, 1.807) is 42.2 Å². The van der Waals surface area contributed by atoms with E-state index in [9.17, 15) is 22.8 Å². The standard InChI is InChI=1S/C22H24N4O6S/c1-3-26-19-8-7-18(14-20(19)32-22(26)29)33(30,31)25-11-9-24(10-12-25)21(28)16-5-4-6-17(13-16)23-15(2)27/h4-8,13-14H,3,9-12H2,1-2H3,(H,23,27). The monoisotopic (exact) mass is 472 g/mol. The van der Waals surface area contributed by atoms with Gasteiger partial charge in [-0.2, -0.15) is 4.31 Å². The van der Waals surface area contributed by atoms with Gasteiger partial charge in [0, 0.05) is 57.0 Å². The first-order chi connectivity index (χ1) is 15.7. The Bertz CT molecular complexity index is 1380. The van der Waals surface area contributed by atoms with E-state index in [1.807, 2.05) is 0 Å². The van der Waals surface area contributed by atoms with Gasteiger partial charge in [0.2, 0.25) is 15.9 Å². The summed E-state index contributed by atoms with van der Waals surface area (Å²) >= 11 is 0. The number of aromatic nitrogens is 1. The predicted molar refractivity (Wildman–Crippen MR) is 122 cm³/mol. The molecule has 1 saturated heterocycles. The molecular formula is C22H24N4O6S. The van der Waals surface area contributed by atoms with Gasteiger partial charge < -0.3 is 14.6 Å². The molecule has 0 atom stereocenters. The first-order valence-corrected chi connectivity index (χ1v) is 11.9. The smallest absolute Gasteiger partial charge is 0.408 e. The largest absolute Gasteiger partial charge is 0.419 e. The first-order valence-electron chi connectivity index (χ1n) is 10.5. The van der Waals surface area contributed by atoms with E-state index >= 15 is 0 Å². The molecule has 11 heteroatoms. The highest BCUT2D eigenvalue weighted by Crippen LogP contribution is 2.23. The lowest BCUT2D eigenvalue weighted by atomic mass is 10.1. The number of nitrogens with one attached hydrogen (secondary N) is 1. The molecule has 1 N–H and O–H groups in total. The number of hydrogen-bond donors (Lipinski definition) is 1. The summed E-state index contributed by atoms with van der Waals surface area (Å²) in [6.07, 6.45) is 0. The van der Waals surface area contributed by atoms with Gasteiger partial charge in [-0.1, -0.05) is 6.07 Å². The van der Waals surface area contributed by atoms with Crippen molar-refractivity contribution in [3.05, 3.63) is 58.6 Å². The first kappa shape index (κ1) is 22.7. The summed E-state index contributed by atoms with van der Waals surface area (Å²) in [5, 5.41) is 2.64. The molecule has 2 heterocycles. The summed E-state index contributed by atoms with van der Waals surface area (Å²) in [6.45, 7) is 4.34. The number of rotatable bonds is 5. The number of oxazole rings is 1. The van der Waals surface area contributed by atoms with E-state index < -0.39 is 15.8 Å². The Kier molecular flexibility index (Phi) is 6.09. The molecule has 0 spiro atoms. The lowest BCUT2D eigenvalue weighted by Crippen LogP contribution is -2.50. The minimum atomic E-state index is -3.82. The highest BCUT2D eigenvalue weighted by molar-refractivity contribution is 7.89. The van der Waals surface area contributed by atoms with Crippen LogP contribution in [-0.2, 0) is 21.4 Å². The predicted octanol–water partition coefficient (Wildman–Crippen LogP) is 1.72. The molecule has 0 radical (unpaired) electrons. The summed E-state index contributed by atoms with van der Waals surface area (Å²) < 4.78 is 34.2. The van der Waals surface area contributed by atoms with E-state index in [-0.39, 0.29) is 48.5 Å². The minimum absolute atomic E-state index is 0.0368. The maximum Gasteiger partial charge on any atom is 0.419 e. The van der Waals surface area contributed by atoms with Gasteiger partial charge >= 0.3 is 5.76 Å². The van der Waals surface area contributed by atoms with Crippen LogP contribution in [0.5, 0.6) is 0 Å². The molecule has 1 aromatic heterocycles. The molecule has 0 bridgehead atoms. The fraction of sp³-hybridized carbons (Fsp3) is 0.318. The zero-order chi connectivity index (χ0) is 23.8. The molecule has 1 fully saturated rings. The van der Waals surface area contributed by atoms with Crippen LogP contribution in [0.15, 0.2) is 56.6 Å². The van der Waals surface area contributed by atoms with Crippen LogP contribution in [0.1, 0.15) is 24.2 Å². The number of hydrogen-bond acceptors (Lipinski definition) is 6. The van der Waals surface area contributed by atoms with Gasteiger partial charge in [-0.15, -0.1) is 0 Å². The van der Waals surface area contributed by atoms with Crippen molar-refractivity contribution < 1.29 is 22.4 Å². The summed E-state index contributed by atoms with van der Waals surface area (Å²) in [7, 11) is -3.82. The highest BCUT2D eigenvalue weighted by Gasteiger charge is 2.31. The SMILES string of the molecule is CCn1c(=O)oc2cc(S(=O)(=O)N3CCN(C(=O)c4cccc(NC(C)=O)c4)CC3)ccc21. The zero-order valence-corrected chi connectivity index (χ0v) is 19.1. The van der Waals surface area contributed by atoms with Gasteiger partial charge in [-0.25, -0.2) is 13.2 Å². The van der Waals surface area contributed by atoms with Crippen molar-refractivity contribution in [1.29, 1.82) is 0 Å². The Balaban J connectivity index is 1.48. The molecular weight excluding hydrogens is 448 g/mol. The fourth-order valence-corrected chi connectivity index (χ4v) is 5.34. The quantitative estimate of drug-likeness (QED) is 0.603. The number of fused-ring (bicyclic) bond motifs is 1. The number of piperazine rings is 1. The summed E-state index contributed by atoms with van der Waals surface area (Å²) in [4.78, 5) is 37.7. The molecule has 1 aliphatic rings. The number of aryl methyl sites for hydroxylation is 1. The van der Waals surface area contributed by atoms with Crippen LogP contribution in [0, 0.1) is 0 Å². The number of benzene rings is 2. The topological polar surface area (TPSA) is 122 Å². The Morgan fingerprint density at radius 1 is 1.06 bits per heavy atom. The number of carbonyl (C=O) groups is 2. The van der Waals surface area contributed by atoms with Gasteiger partial charge in [0.1, 0.15) is 0 Å². The fourth-order valence-electron chi connectivity index (χ4n) is 3.90. The van der Waals surface area contributed by atoms with Crippen molar-refractivity contribution in [2.24, 2.45) is 0 Å².